The number of aliphatic hydroxyl groups excluding tert-OH is 1. The highest BCUT2D eigenvalue weighted by atomic mass is 16.3. The Labute approximate surface area is 101 Å². The summed E-state index contributed by atoms with van der Waals surface area (Å²) in [5.74, 6) is 0.423. The molecule has 1 aliphatic rings. The van der Waals surface area contributed by atoms with E-state index in [1.54, 1.807) is 4.68 Å². The van der Waals surface area contributed by atoms with Gasteiger partial charge in [-0.05, 0) is 38.7 Å². The maximum atomic E-state index is 11.7. The van der Waals surface area contributed by atoms with Crippen molar-refractivity contribution in [2.75, 3.05) is 6.54 Å². The molecular formula is C12H19N3O2. The Kier molecular flexibility index (Phi) is 3.47. The Morgan fingerprint density at radius 2 is 2.29 bits per heavy atom. The fraction of sp³-hybridized carbons (Fsp3) is 0.667. The zero-order valence-electron chi connectivity index (χ0n) is 10.3. The molecular weight excluding hydrogens is 218 g/mol. The minimum Gasteiger partial charge on any atom is -0.393 e. The number of aromatic nitrogens is 2. The fourth-order valence-corrected chi connectivity index (χ4v) is 2.15. The molecule has 1 fully saturated rings. The van der Waals surface area contributed by atoms with Crippen LogP contribution in [0, 0.1) is 19.8 Å². The minimum atomic E-state index is -0.159. The van der Waals surface area contributed by atoms with Crippen molar-refractivity contribution in [1.82, 2.24) is 15.1 Å². The van der Waals surface area contributed by atoms with Crippen LogP contribution in [0.25, 0.3) is 0 Å². The van der Waals surface area contributed by atoms with Gasteiger partial charge >= 0.3 is 0 Å². The maximum absolute atomic E-state index is 11.7. The van der Waals surface area contributed by atoms with Crippen LogP contribution in [0.15, 0.2) is 6.07 Å². The van der Waals surface area contributed by atoms with Crippen LogP contribution in [-0.4, -0.2) is 33.4 Å². The number of rotatable bonds is 4. The second-order valence-electron chi connectivity index (χ2n) is 4.88. The predicted octanol–water partition coefficient (Wildman–Crippen LogP) is 0.387. The lowest BCUT2D eigenvalue weighted by atomic mass is 9.82. The van der Waals surface area contributed by atoms with Crippen molar-refractivity contribution in [1.29, 1.82) is 0 Å². The summed E-state index contributed by atoms with van der Waals surface area (Å²) in [6, 6.07) is 1.95. The van der Waals surface area contributed by atoms with E-state index in [4.69, 9.17) is 5.11 Å². The summed E-state index contributed by atoms with van der Waals surface area (Å²) in [5.41, 5.74) is 1.93. The number of carbonyl (C=O) groups is 1. The Hall–Kier alpha value is -1.36. The van der Waals surface area contributed by atoms with Crippen LogP contribution < -0.4 is 5.32 Å². The van der Waals surface area contributed by atoms with E-state index in [1.807, 2.05) is 19.9 Å². The number of amides is 1. The molecule has 1 heterocycles. The van der Waals surface area contributed by atoms with Crippen molar-refractivity contribution in [3.05, 3.63) is 17.5 Å². The van der Waals surface area contributed by atoms with Crippen LogP contribution in [-0.2, 0) is 11.3 Å². The highest BCUT2D eigenvalue weighted by molar-refractivity contribution is 5.75. The molecule has 94 valence electrons. The van der Waals surface area contributed by atoms with Gasteiger partial charge in [-0.25, -0.2) is 0 Å². The average molecular weight is 237 g/mol. The van der Waals surface area contributed by atoms with E-state index >= 15 is 0 Å². The molecule has 0 bridgehead atoms. The van der Waals surface area contributed by atoms with Crippen LogP contribution >= 0.6 is 0 Å². The average Bonchev–Trinajstić information content (AvgIpc) is 2.50. The number of hydrogen-bond donors (Lipinski definition) is 2. The number of carbonyl (C=O) groups excluding carboxylic acids is 1. The molecule has 1 aliphatic carbocycles. The predicted molar refractivity (Wildman–Crippen MR) is 63.4 cm³/mol. The van der Waals surface area contributed by atoms with Crippen LogP contribution in [0.4, 0.5) is 0 Å². The molecule has 2 rings (SSSR count). The molecule has 1 aromatic heterocycles. The van der Waals surface area contributed by atoms with Gasteiger partial charge in [-0.2, -0.15) is 5.10 Å². The van der Waals surface area contributed by atoms with Crippen molar-refractivity contribution in [3.63, 3.8) is 0 Å². The second kappa shape index (κ2) is 4.87. The van der Waals surface area contributed by atoms with Gasteiger partial charge in [-0.1, -0.05) is 0 Å². The van der Waals surface area contributed by atoms with Gasteiger partial charge in [0.05, 0.1) is 11.8 Å². The van der Waals surface area contributed by atoms with Crippen LogP contribution in [0.5, 0.6) is 0 Å². The Morgan fingerprint density at radius 3 is 2.82 bits per heavy atom. The first-order chi connectivity index (χ1) is 8.04. The zero-order chi connectivity index (χ0) is 12.4. The Balaban J connectivity index is 1.75. The topological polar surface area (TPSA) is 67.2 Å². The summed E-state index contributed by atoms with van der Waals surface area (Å²) >= 11 is 0. The summed E-state index contributed by atoms with van der Waals surface area (Å²) in [6.07, 6.45) is 1.45. The third kappa shape index (κ3) is 3.06. The lowest BCUT2D eigenvalue weighted by molar-refractivity contribution is -0.122. The molecule has 0 aliphatic heterocycles. The van der Waals surface area contributed by atoms with Crippen molar-refractivity contribution in [3.8, 4) is 0 Å². The van der Waals surface area contributed by atoms with Crippen LogP contribution in [0.1, 0.15) is 24.2 Å². The Bertz CT molecular complexity index is 408. The number of aryl methyl sites for hydroxylation is 2. The van der Waals surface area contributed by atoms with Gasteiger partial charge in [-0.3, -0.25) is 9.48 Å². The number of nitrogens with zero attached hydrogens (tertiary/aromatic N) is 2. The lowest BCUT2D eigenvalue weighted by Gasteiger charge is -2.31. The summed E-state index contributed by atoms with van der Waals surface area (Å²) in [6.45, 7) is 4.79. The monoisotopic (exact) mass is 237 g/mol. The molecule has 5 heteroatoms. The van der Waals surface area contributed by atoms with E-state index in [0.29, 0.717) is 12.5 Å². The third-order valence-corrected chi connectivity index (χ3v) is 3.20. The molecule has 2 N–H and O–H groups in total. The highest BCUT2D eigenvalue weighted by Crippen LogP contribution is 2.25. The van der Waals surface area contributed by atoms with E-state index < -0.39 is 0 Å². The number of nitrogens with one attached hydrogen (secondary N) is 1. The SMILES string of the molecule is Cc1cc(C)n(CC(=O)NCC2CC(O)C2)n1. The van der Waals surface area contributed by atoms with Crippen LogP contribution in [0.3, 0.4) is 0 Å². The van der Waals surface area contributed by atoms with E-state index in [9.17, 15) is 4.79 Å². The van der Waals surface area contributed by atoms with Gasteiger partial charge in [0.25, 0.3) is 0 Å². The second-order valence-corrected chi connectivity index (χ2v) is 4.88. The van der Waals surface area contributed by atoms with Crippen molar-refractivity contribution in [2.45, 2.75) is 39.3 Å². The van der Waals surface area contributed by atoms with Gasteiger partial charge in [0, 0.05) is 12.2 Å². The molecule has 0 saturated heterocycles. The summed E-state index contributed by atoms with van der Waals surface area (Å²) in [7, 11) is 0. The maximum Gasteiger partial charge on any atom is 0.241 e. The smallest absolute Gasteiger partial charge is 0.241 e. The van der Waals surface area contributed by atoms with Gasteiger partial charge < -0.3 is 10.4 Å². The van der Waals surface area contributed by atoms with E-state index in [1.165, 1.54) is 0 Å². The molecule has 1 amide bonds. The summed E-state index contributed by atoms with van der Waals surface area (Å²) in [4.78, 5) is 11.7. The summed E-state index contributed by atoms with van der Waals surface area (Å²) in [5, 5.41) is 16.2. The molecule has 0 unspecified atom stereocenters. The first-order valence-electron chi connectivity index (χ1n) is 6.00. The first-order valence-corrected chi connectivity index (χ1v) is 6.00. The quantitative estimate of drug-likeness (QED) is 0.796. The van der Waals surface area contributed by atoms with Gasteiger partial charge in [0.2, 0.25) is 5.91 Å². The molecule has 1 saturated carbocycles. The molecule has 17 heavy (non-hydrogen) atoms. The molecule has 0 atom stereocenters. The van der Waals surface area contributed by atoms with E-state index in [2.05, 4.69) is 10.4 Å². The number of hydrogen-bond acceptors (Lipinski definition) is 3. The Morgan fingerprint density at radius 1 is 1.59 bits per heavy atom. The fourth-order valence-electron chi connectivity index (χ4n) is 2.15. The molecule has 0 aromatic carbocycles. The standard InChI is InChI=1S/C12H19N3O2/c1-8-3-9(2)15(14-8)7-12(17)13-6-10-4-11(16)5-10/h3,10-11,16H,4-7H2,1-2H3,(H,13,17). The van der Waals surface area contributed by atoms with Crippen molar-refractivity contribution >= 4 is 5.91 Å². The normalized spacial score (nSPS) is 23.2. The molecule has 0 spiro atoms. The summed E-state index contributed by atoms with van der Waals surface area (Å²) < 4.78 is 1.71. The van der Waals surface area contributed by atoms with E-state index in [-0.39, 0.29) is 18.6 Å². The van der Waals surface area contributed by atoms with Gasteiger partial charge in [0.1, 0.15) is 6.54 Å². The largest absolute Gasteiger partial charge is 0.393 e. The van der Waals surface area contributed by atoms with Crippen molar-refractivity contribution < 1.29 is 9.90 Å². The highest BCUT2D eigenvalue weighted by Gasteiger charge is 2.27. The number of aliphatic hydroxyl groups is 1. The van der Waals surface area contributed by atoms with E-state index in [0.717, 1.165) is 24.2 Å². The molecule has 0 radical (unpaired) electrons. The van der Waals surface area contributed by atoms with Gasteiger partial charge in [-0.15, -0.1) is 0 Å². The molecule has 5 nitrogen and oxygen atoms in total. The van der Waals surface area contributed by atoms with Crippen molar-refractivity contribution in [2.24, 2.45) is 5.92 Å². The van der Waals surface area contributed by atoms with Crippen LogP contribution in [0.2, 0.25) is 0 Å². The minimum absolute atomic E-state index is 0.0161. The first kappa shape index (κ1) is 12.1. The third-order valence-electron chi connectivity index (χ3n) is 3.20. The molecule has 1 aromatic rings. The zero-order valence-corrected chi connectivity index (χ0v) is 10.3. The van der Waals surface area contributed by atoms with Gasteiger partial charge in [0.15, 0.2) is 0 Å². The lowest BCUT2D eigenvalue weighted by Crippen LogP contribution is -2.39.